The smallest absolute Gasteiger partial charge is 0.228 e. The summed E-state index contributed by atoms with van der Waals surface area (Å²) in [6, 6.07) is 9.74. The molecule has 22 heavy (non-hydrogen) atoms. The molecular weight excluding hydrogens is 276 g/mol. The van der Waals surface area contributed by atoms with Gasteiger partial charge in [0, 0.05) is 11.6 Å². The number of hydrogen-bond acceptors (Lipinski definition) is 4. The number of rotatable bonds is 4. The Labute approximate surface area is 130 Å². The summed E-state index contributed by atoms with van der Waals surface area (Å²) < 4.78 is 0. The van der Waals surface area contributed by atoms with E-state index in [9.17, 15) is 4.79 Å². The first-order chi connectivity index (χ1) is 10.6. The summed E-state index contributed by atoms with van der Waals surface area (Å²) in [7, 11) is 0. The predicted octanol–water partition coefficient (Wildman–Crippen LogP) is 3.58. The number of amides is 1. The first-order valence-electron chi connectivity index (χ1n) is 7.61. The minimum Gasteiger partial charge on any atom is -0.338 e. The minimum absolute atomic E-state index is 0.0519. The van der Waals surface area contributed by atoms with Crippen molar-refractivity contribution >= 4 is 23.2 Å². The number of aromatic nitrogens is 2. The van der Waals surface area contributed by atoms with Gasteiger partial charge in [-0.3, -0.25) is 4.79 Å². The molecule has 3 rings (SSSR count). The molecule has 1 saturated carbocycles. The van der Waals surface area contributed by atoms with E-state index in [2.05, 4.69) is 46.8 Å². The molecule has 0 saturated heterocycles. The van der Waals surface area contributed by atoms with E-state index in [1.165, 1.54) is 0 Å². The normalized spacial score (nSPS) is 14.3. The van der Waals surface area contributed by atoms with Gasteiger partial charge in [0.25, 0.3) is 0 Å². The molecule has 5 nitrogen and oxygen atoms in total. The molecule has 1 aromatic heterocycles. The third kappa shape index (κ3) is 3.08. The number of hydrogen-bond donors (Lipinski definition) is 2. The summed E-state index contributed by atoms with van der Waals surface area (Å²) in [5.41, 5.74) is 3.36. The van der Waals surface area contributed by atoms with Crippen LogP contribution in [0.5, 0.6) is 0 Å². The molecule has 1 aliphatic carbocycles. The van der Waals surface area contributed by atoms with Gasteiger partial charge in [-0.15, -0.1) is 10.2 Å². The van der Waals surface area contributed by atoms with Crippen LogP contribution < -0.4 is 10.6 Å². The summed E-state index contributed by atoms with van der Waals surface area (Å²) in [6.07, 6.45) is 3.10. The molecule has 1 fully saturated rings. The van der Waals surface area contributed by atoms with E-state index in [4.69, 9.17) is 0 Å². The number of carbonyl (C=O) groups excluding carboxylic acids is 1. The molecule has 0 unspecified atom stereocenters. The minimum atomic E-state index is 0.0519. The van der Waals surface area contributed by atoms with Gasteiger partial charge in [0.05, 0.1) is 0 Å². The Bertz CT molecular complexity index is 657. The third-order valence-corrected chi connectivity index (χ3v) is 4.13. The fraction of sp³-hybridized carbons (Fsp3) is 0.353. The molecule has 0 spiro atoms. The molecule has 2 N–H and O–H groups in total. The van der Waals surface area contributed by atoms with Crippen LogP contribution in [0.15, 0.2) is 30.3 Å². The fourth-order valence-electron chi connectivity index (χ4n) is 2.50. The van der Waals surface area contributed by atoms with Gasteiger partial charge in [-0.25, -0.2) is 0 Å². The Balaban J connectivity index is 1.67. The van der Waals surface area contributed by atoms with Crippen molar-refractivity contribution in [2.45, 2.75) is 33.1 Å². The average Bonchev–Trinajstić information content (AvgIpc) is 2.43. The maximum absolute atomic E-state index is 11.9. The second kappa shape index (κ2) is 6.13. The number of para-hydroxylation sites is 1. The van der Waals surface area contributed by atoms with Crippen LogP contribution >= 0.6 is 0 Å². The van der Waals surface area contributed by atoms with Crippen LogP contribution in [-0.2, 0) is 4.79 Å². The topological polar surface area (TPSA) is 66.9 Å². The molecule has 1 aliphatic rings. The average molecular weight is 296 g/mol. The highest BCUT2D eigenvalue weighted by atomic mass is 16.2. The van der Waals surface area contributed by atoms with Crippen LogP contribution in [0.25, 0.3) is 0 Å². The Hall–Kier alpha value is -2.43. The van der Waals surface area contributed by atoms with Crippen molar-refractivity contribution in [1.82, 2.24) is 10.2 Å². The maximum Gasteiger partial charge on any atom is 0.228 e. The zero-order chi connectivity index (χ0) is 15.5. The lowest BCUT2D eigenvalue weighted by Crippen LogP contribution is -2.28. The number of carbonyl (C=O) groups is 1. The summed E-state index contributed by atoms with van der Waals surface area (Å²) in [6.45, 7) is 4.10. The zero-order valence-corrected chi connectivity index (χ0v) is 12.9. The van der Waals surface area contributed by atoms with E-state index in [1.807, 2.05) is 12.1 Å². The number of nitrogens with one attached hydrogen (secondary N) is 2. The highest BCUT2D eigenvalue weighted by Gasteiger charge is 2.25. The monoisotopic (exact) mass is 296 g/mol. The standard InChI is InChI=1S/C17H20N4O/c1-11-5-3-6-12(2)16(11)18-14-9-10-15(21-20-14)19-17(22)13-7-4-8-13/h3,5-6,9-10,13H,4,7-8H2,1-2H3,(H,18,20)(H,19,21,22). The second-order valence-corrected chi connectivity index (χ2v) is 5.81. The Kier molecular flexibility index (Phi) is 4.04. The lowest BCUT2D eigenvalue weighted by molar-refractivity contribution is -0.122. The van der Waals surface area contributed by atoms with Gasteiger partial charge in [0.1, 0.15) is 0 Å². The molecule has 2 aromatic rings. The first-order valence-corrected chi connectivity index (χ1v) is 7.61. The van der Waals surface area contributed by atoms with E-state index in [1.54, 1.807) is 6.07 Å². The molecule has 1 amide bonds. The molecule has 5 heteroatoms. The van der Waals surface area contributed by atoms with E-state index in [0.29, 0.717) is 11.6 Å². The van der Waals surface area contributed by atoms with Gasteiger partial charge in [0.2, 0.25) is 5.91 Å². The van der Waals surface area contributed by atoms with E-state index < -0.39 is 0 Å². The Morgan fingerprint density at radius 3 is 2.23 bits per heavy atom. The first kappa shape index (κ1) is 14.5. The Morgan fingerprint density at radius 2 is 1.68 bits per heavy atom. The summed E-state index contributed by atoms with van der Waals surface area (Å²) >= 11 is 0. The van der Waals surface area contributed by atoms with Crippen molar-refractivity contribution in [3.05, 3.63) is 41.5 Å². The fourth-order valence-corrected chi connectivity index (χ4v) is 2.50. The molecule has 1 heterocycles. The second-order valence-electron chi connectivity index (χ2n) is 5.81. The molecule has 1 aromatic carbocycles. The van der Waals surface area contributed by atoms with Crippen LogP contribution in [-0.4, -0.2) is 16.1 Å². The number of anilines is 3. The summed E-state index contributed by atoms with van der Waals surface area (Å²) in [5, 5.41) is 14.3. The molecule has 0 aliphatic heterocycles. The van der Waals surface area contributed by atoms with Crippen molar-refractivity contribution in [3.63, 3.8) is 0 Å². The van der Waals surface area contributed by atoms with Crippen LogP contribution in [0.3, 0.4) is 0 Å². The number of aryl methyl sites for hydroxylation is 2. The van der Waals surface area contributed by atoms with Gasteiger partial charge < -0.3 is 10.6 Å². The summed E-state index contributed by atoms with van der Waals surface area (Å²) in [4.78, 5) is 11.9. The van der Waals surface area contributed by atoms with Crippen molar-refractivity contribution in [1.29, 1.82) is 0 Å². The van der Waals surface area contributed by atoms with Crippen molar-refractivity contribution in [2.24, 2.45) is 5.92 Å². The van der Waals surface area contributed by atoms with Crippen molar-refractivity contribution < 1.29 is 4.79 Å². The van der Waals surface area contributed by atoms with Crippen molar-refractivity contribution in [3.8, 4) is 0 Å². The van der Waals surface area contributed by atoms with Crippen molar-refractivity contribution in [2.75, 3.05) is 10.6 Å². The van der Waals surface area contributed by atoms with Gasteiger partial charge in [-0.2, -0.15) is 0 Å². The maximum atomic E-state index is 11.9. The highest BCUT2D eigenvalue weighted by molar-refractivity contribution is 5.92. The van der Waals surface area contributed by atoms with Gasteiger partial charge in [-0.05, 0) is 49.9 Å². The molecule has 114 valence electrons. The third-order valence-electron chi connectivity index (χ3n) is 4.13. The molecule has 0 radical (unpaired) electrons. The lowest BCUT2D eigenvalue weighted by atomic mass is 9.85. The van der Waals surface area contributed by atoms with Crippen LogP contribution in [0, 0.1) is 19.8 Å². The zero-order valence-electron chi connectivity index (χ0n) is 12.9. The largest absolute Gasteiger partial charge is 0.338 e. The molecule has 0 bridgehead atoms. The van der Waals surface area contributed by atoms with Gasteiger partial charge >= 0.3 is 0 Å². The van der Waals surface area contributed by atoms with E-state index in [0.717, 1.165) is 36.1 Å². The summed E-state index contributed by atoms with van der Waals surface area (Å²) in [5.74, 6) is 1.37. The van der Waals surface area contributed by atoms with Crippen LogP contribution in [0.4, 0.5) is 17.3 Å². The van der Waals surface area contributed by atoms with E-state index >= 15 is 0 Å². The highest BCUT2D eigenvalue weighted by Crippen LogP contribution is 2.27. The quantitative estimate of drug-likeness (QED) is 0.905. The predicted molar refractivity (Wildman–Crippen MR) is 87.2 cm³/mol. The van der Waals surface area contributed by atoms with Gasteiger partial charge in [-0.1, -0.05) is 24.6 Å². The van der Waals surface area contributed by atoms with Crippen LogP contribution in [0.1, 0.15) is 30.4 Å². The molecular formula is C17H20N4O. The number of nitrogens with zero attached hydrogens (tertiary/aromatic N) is 2. The Morgan fingerprint density at radius 1 is 1.05 bits per heavy atom. The van der Waals surface area contributed by atoms with E-state index in [-0.39, 0.29) is 11.8 Å². The number of benzene rings is 1. The van der Waals surface area contributed by atoms with Crippen LogP contribution in [0.2, 0.25) is 0 Å². The van der Waals surface area contributed by atoms with Gasteiger partial charge in [0.15, 0.2) is 11.6 Å². The lowest BCUT2D eigenvalue weighted by Gasteiger charge is -2.23. The SMILES string of the molecule is Cc1cccc(C)c1Nc1ccc(NC(=O)C2CCC2)nn1. The molecule has 0 atom stereocenters.